The summed E-state index contributed by atoms with van der Waals surface area (Å²) in [6.45, 7) is 9.98. The lowest BCUT2D eigenvalue weighted by atomic mass is 9.51. The summed E-state index contributed by atoms with van der Waals surface area (Å²) >= 11 is 0. The van der Waals surface area contributed by atoms with E-state index in [2.05, 4.69) is 33.8 Å². The van der Waals surface area contributed by atoms with Crippen molar-refractivity contribution in [1.82, 2.24) is 4.31 Å². The summed E-state index contributed by atoms with van der Waals surface area (Å²) in [7, 11) is -0.732. The Balaban J connectivity index is 1.62. The quantitative estimate of drug-likeness (QED) is 0.711. The van der Waals surface area contributed by atoms with E-state index in [1.54, 1.807) is 0 Å². The minimum absolute atomic E-state index is 0.404. The van der Waals surface area contributed by atoms with E-state index in [1.165, 1.54) is 50.9 Å². The average molecular weight is 406 g/mol. The highest BCUT2D eigenvalue weighted by Crippen LogP contribution is 2.68. The largest absolute Gasteiger partial charge is 0.384 e. The molecule has 156 valence electrons. The minimum Gasteiger partial charge on any atom is -0.371 e. The molecule has 1 aromatic carbocycles. The second kappa shape index (κ2) is 6.46. The Bertz CT molecular complexity index is 876. The van der Waals surface area contributed by atoms with E-state index < -0.39 is 10.3 Å². The molecule has 5 heteroatoms. The third kappa shape index (κ3) is 2.84. The van der Waals surface area contributed by atoms with Crippen LogP contribution >= 0.6 is 0 Å². The van der Waals surface area contributed by atoms with E-state index in [9.17, 15) is 8.42 Å². The lowest BCUT2D eigenvalue weighted by Gasteiger charge is -2.53. The molecule has 0 amide bonds. The molecule has 4 rings (SSSR count). The lowest BCUT2D eigenvalue weighted by molar-refractivity contribution is -0.0162. The first kappa shape index (κ1) is 20.2. The molecule has 28 heavy (non-hydrogen) atoms. The van der Waals surface area contributed by atoms with Crippen LogP contribution in [0.2, 0.25) is 0 Å². The summed E-state index contributed by atoms with van der Waals surface area (Å²) < 4.78 is 30.5. The van der Waals surface area contributed by atoms with Crippen LogP contribution in [0.15, 0.2) is 18.2 Å². The summed E-state index contributed by atoms with van der Waals surface area (Å²) in [6.07, 6.45) is 6.13. The smallest absolute Gasteiger partial charge is 0.371 e. The van der Waals surface area contributed by atoms with Gasteiger partial charge in [0.1, 0.15) is 5.75 Å². The molecule has 2 saturated carbocycles. The molecule has 0 spiro atoms. The van der Waals surface area contributed by atoms with Crippen molar-refractivity contribution >= 4 is 10.3 Å². The third-order valence-corrected chi connectivity index (χ3v) is 10.3. The molecule has 4 nitrogen and oxygen atoms in total. The van der Waals surface area contributed by atoms with Crippen LogP contribution in [0.5, 0.6) is 5.75 Å². The van der Waals surface area contributed by atoms with Gasteiger partial charge in [-0.1, -0.05) is 33.8 Å². The zero-order chi connectivity index (χ0) is 20.5. The maximum absolute atomic E-state index is 12.1. The maximum Gasteiger partial charge on any atom is 0.384 e. The monoisotopic (exact) mass is 405 g/mol. The molecule has 0 aromatic heterocycles. The molecule has 0 saturated heterocycles. The molecule has 0 heterocycles. The molecule has 0 N–H and O–H groups in total. The highest BCUT2D eigenvalue weighted by atomic mass is 32.2. The van der Waals surface area contributed by atoms with Gasteiger partial charge in [-0.2, -0.15) is 12.7 Å². The van der Waals surface area contributed by atoms with Gasteiger partial charge >= 0.3 is 10.3 Å². The van der Waals surface area contributed by atoms with E-state index in [0.29, 0.717) is 22.5 Å². The predicted molar refractivity (Wildman–Crippen MR) is 113 cm³/mol. The van der Waals surface area contributed by atoms with Crippen LogP contribution in [0.1, 0.15) is 70.4 Å². The molecule has 1 aromatic rings. The van der Waals surface area contributed by atoms with E-state index in [0.717, 1.165) is 28.5 Å². The summed E-state index contributed by atoms with van der Waals surface area (Å²) in [6, 6.07) is 5.94. The first-order valence-electron chi connectivity index (χ1n) is 10.7. The number of hydrogen-bond acceptors (Lipinski definition) is 3. The zero-order valence-electron chi connectivity index (χ0n) is 18.2. The van der Waals surface area contributed by atoms with Crippen molar-refractivity contribution < 1.29 is 12.6 Å². The molecule has 5 atom stereocenters. The summed E-state index contributed by atoms with van der Waals surface area (Å²) in [5.74, 6) is 3.38. The first-order valence-corrected chi connectivity index (χ1v) is 12.1. The molecule has 0 radical (unpaired) electrons. The van der Waals surface area contributed by atoms with Crippen molar-refractivity contribution in [2.24, 2.45) is 28.6 Å². The van der Waals surface area contributed by atoms with Gasteiger partial charge in [-0.15, -0.1) is 0 Å². The normalized spacial score (nSPS) is 36.5. The number of nitrogens with zero attached hydrogens (tertiary/aromatic N) is 1. The van der Waals surface area contributed by atoms with Crippen LogP contribution < -0.4 is 4.18 Å². The molecule has 0 bridgehead atoms. The Morgan fingerprint density at radius 3 is 2.54 bits per heavy atom. The fourth-order valence-corrected chi connectivity index (χ4v) is 7.10. The standard InChI is InChI=1S/C23H35NO3S/c1-15-13-21-20-9-7-16-14-17(27-28(25,26)24(5)6)8-10-18(16)19(20)11-12-23(21,4)22(15,2)3/h8,10,14-15,19-21H,7,9,11-13H2,1-6H3. The van der Waals surface area contributed by atoms with E-state index in [-0.39, 0.29) is 0 Å². The van der Waals surface area contributed by atoms with Gasteiger partial charge in [-0.05, 0) is 89.9 Å². The zero-order valence-corrected chi connectivity index (χ0v) is 19.0. The Kier molecular flexibility index (Phi) is 4.67. The third-order valence-electron chi connectivity index (χ3n) is 9.05. The molecule has 0 aliphatic heterocycles. The van der Waals surface area contributed by atoms with Crippen molar-refractivity contribution in [3.8, 4) is 5.75 Å². The van der Waals surface area contributed by atoms with Crippen molar-refractivity contribution in [1.29, 1.82) is 0 Å². The second-order valence-electron chi connectivity index (χ2n) is 10.4. The Hall–Kier alpha value is -1.07. The van der Waals surface area contributed by atoms with Crippen molar-refractivity contribution in [2.45, 2.75) is 65.7 Å². The topological polar surface area (TPSA) is 46.6 Å². The van der Waals surface area contributed by atoms with Crippen LogP contribution in [0.3, 0.4) is 0 Å². The van der Waals surface area contributed by atoms with Gasteiger partial charge in [0.25, 0.3) is 0 Å². The van der Waals surface area contributed by atoms with Gasteiger partial charge < -0.3 is 4.18 Å². The van der Waals surface area contributed by atoms with E-state index in [1.807, 2.05) is 12.1 Å². The number of fused-ring (bicyclic) bond motifs is 5. The van der Waals surface area contributed by atoms with Crippen LogP contribution in [0.4, 0.5) is 0 Å². The van der Waals surface area contributed by atoms with Crippen molar-refractivity contribution in [2.75, 3.05) is 14.1 Å². The summed E-state index contributed by atoms with van der Waals surface area (Å²) in [5, 5.41) is 0. The molecular formula is C23H35NO3S. The second-order valence-corrected chi connectivity index (χ2v) is 12.2. The Morgan fingerprint density at radius 2 is 1.86 bits per heavy atom. The van der Waals surface area contributed by atoms with E-state index in [4.69, 9.17) is 4.18 Å². The van der Waals surface area contributed by atoms with Crippen LogP contribution in [0.25, 0.3) is 0 Å². The summed E-state index contributed by atoms with van der Waals surface area (Å²) in [5.41, 5.74) is 3.56. The van der Waals surface area contributed by atoms with Gasteiger partial charge in [0.2, 0.25) is 0 Å². The summed E-state index contributed by atoms with van der Waals surface area (Å²) in [4.78, 5) is 0. The highest BCUT2D eigenvalue weighted by molar-refractivity contribution is 7.84. The van der Waals surface area contributed by atoms with Crippen molar-refractivity contribution in [3.05, 3.63) is 29.3 Å². The first-order chi connectivity index (χ1) is 13.0. The Morgan fingerprint density at radius 1 is 1.14 bits per heavy atom. The SMILES string of the molecule is CC1CC2C3CCc4cc(OS(=O)(=O)N(C)C)ccc4C3CCC2(C)C1(C)C. The van der Waals surface area contributed by atoms with Crippen LogP contribution in [-0.4, -0.2) is 26.8 Å². The molecule has 2 fully saturated rings. The van der Waals surface area contributed by atoms with Gasteiger partial charge in [-0.3, -0.25) is 0 Å². The van der Waals surface area contributed by atoms with E-state index >= 15 is 0 Å². The molecule has 3 aliphatic carbocycles. The van der Waals surface area contributed by atoms with Crippen LogP contribution in [-0.2, 0) is 16.7 Å². The highest BCUT2D eigenvalue weighted by Gasteiger charge is 2.60. The molecule has 5 unspecified atom stereocenters. The average Bonchev–Trinajstić information content (AvgIpc) is 2.80. The fourth-order valence-electron chi connectivity index (χ4n) is 6.60. The van der Waals surface area contributed by atoms with Gasteiger partial charge in [0.05, 0.1) is 0 Å². The minimum atomic E-state index is -3.71. The van der Waals surface area contributed by atoms with Gasteiger partial charge in [0.15, 0.2) is 0 Å². The molecular weight excluding hydrogens is 370 g/mol. The number of benzene rings is 1. The number of rotatable bonds is 3. The number of aryl methyl sites for hydroxylation is 1. The lowest BCUT2D eigenvalue weighted by Crippen LogP contribution is -2.45. The van der Waals surface area contributed by atoms with Gasteiger partial charge in [-0.25, -0.2) is 0 Å². The maximum atomic E-state index is 12.1. The number of hydrogen-bond donors (Lipinski definition) is 0. The van der Waals surface area contributed by atoms with Crippen LogP contribution in [0, 0.1) is 28.6 Å². The van der Waals surface area contributed by atoms with Crippen molar-refractivity contribution in [3.63, 3.8) is 0 Å². The molecule has 3 aliphatic rings. The van der Waals surface area contributed by atoms with Gasteiger partial charge in [0, 0.05) is 14.1 Å². The predicted octanol–water partition coefficient (Wildman–Crippen LogP) is 5.00. The fraction of sp³-hybridized carbons (Fsp3) is 0.739. The Labute approximate surface area is 170 Å².